The predicted octanol–water partition coefficient (Wildman–Crippen LogP) is 4.25. The molecular formula is C15H10F3NO2S. The van der Waals surface area contributed by atoms with Crippen LogP contribution in [-0.4, -0.2) is 13.9 Å². The maximum Gasteiger partial charge on any atom is 0.516 e. The number of fused-ring (bicyclic) bond motifs is 2. The minimum atomic E-state index is -5.48. The van der Waals surface area contributed by atoms with Crippen molar-refractivity contribution in [1.82, 2.24) is 0 Å². The SMILES string of the molecule is O=S(=O)(Nc1c2ccccc2cc2ccccc12)C(F)(F)F. The van der Waals surface area contributed by atoms with Gasteiger partial charge in [-0.2, -0.15) is 21.6 Å². The summed E-state index contributed by atoms with van der Waals surface area (Å²) in [5.41, 5.74) is -5.43. The van der Waals surface area contributed by atoms with Crippen LogP contribution >= 0.6 is 0 Å². The summed E-state index contributed by atoms with van der Waals surface area (Å²) in [6.07, 6.45) is 0. The number of benzene rings is 3. The largest absolute Gasteiger partial charge is 0.516 e. The summed E-state index contributed by atoms with van der Waals surface area (Å²) < 4.78 is 62.6. The molecule has 0 saturated heterocycles. The Bertz CT molecular complexity index is 911. The predicted molar refractivity (Wildman–Crippen MR) is 80.1 cm³/mol. The fourth-order valence-electron chi connectivity index (χ4n) is 2.32. The quantitative estimate of drug-likeness (QED) is 0.716. The van der Waals surface area contributed by atoms with Crippen LogP contribution in [0.3, 0.4) is 0 Å². The lowest BCUT2D eigenvalue weighted by molar-refractivity contribution is -0.0429. The number of hydrogen-bond acceptors (Lipinski definition) is 2. The Kier molecular flexibility index (Phi) is 3.25. The van der Waals surface area contributed by atoms with E-state index in [1.807, 2.05) is 0 Å². The molecule has 0 spiro atoms. The maximum absolute atomic E-state index is 12.7. The highest BCUT2D eigenvalue weighted by Crippen LogP contribution is 2.35. The molecule has 3 aromatic rings. The van der Waals surface area contributed by atoms with Crippen molar-refractivity contribution in [3.63, 3.8) is 0 Å². The molecule has 0 aliphatic heterocycles. The Hall–Kier alpha value is -2.28. The van der Waals surface area contributed by atoms with E-state index < -0.39 is 15.5 Å². The molecular weight excluding hydrogens is 315 g/mol. The Labute approximate surface area is 124 Å². The average Bonchev–Trinajstić information content (AvgIpc) is 2.45. The van der Waals surface area contributed by atoms with E-state index in [9.17, 15) is 21.6 Å². The van der Waals surface area contributed by atoms with Gasteiger partial charge >= 0.3 is 15.5 Å². The highest BCUT2D eigenvalue weighted by Gasteiger charge is 2.46. The number of anilines is 1. The molecule has 0 unspecified atom stereocenters. The summed E-state index contributed by atoms with van der Waals surface area (Å²) in [4.78, 5) is 0. The monoisotopic (exact) mass is 325 g/mol. The first-order valence-electron chi connectivity index (χ1n) is 6.29. The van der Waals surface area contributed by atoms with Gasteiger partial charge in [-0.1, -0.05) is 48.5 Å². The third kappa shape index (κ3) is 2.37. The summed E-state index contributed by atoms with van der Waals surface area (Å²) >= 11 is 0. The van der Waals surface area contributed by atoms with E-state index in [0.717, 1.165) is 0 Å². The first-order valence-corrected chi connectivity index (χ1v) is 7.77. The van der Waals surface area contributed by atoms with Gasteiger partial charge in [-0.3, -0.25) is 4.72 Å². The Morgan fingerprint density at radius 3 is 1.73 bits per heavy atom. The van der Waals surface area contributed by atoms with E-state index in [2.05, 4.69) is 0 Å². The van der Waals surface area contributed by atoms with Crippen molar-refractivity contribution in [2.45, 2.75) is 5.51 Å². The van der Waals surface area contributed by atoms with Crippen LogP contribution in [0.25, 0.3) is 21.5 Å². The molecule has 22 heavy (non-hydrogen) atoms. The summed E-state index contributed by atoms with van der Waals surface area (Å²) in [5.74, 6) is 0. The molecule has 3 rings (SSSR count). The van der Waals surface area contributed by atoms with E-state index in [1.54, 1.807) is 59.3 Å². The van der Waals surface area contributed by atoms with Crippen molar-refractivity contribution in [2.24, 2.45) is 0 Å². The zero-order chi connectivity index (χ0) is 16.0. The maximum atomic E-state index is 12.7. The van der Waals surface area contributed by atoms with Crippen molar-refractivity contribution >= 4 is 37.3 Å². The van der Waals surface area contributed by atoms with Gasteiger partial charge in [-0.15, -0.1) is 0 Å². The molecule has 0 atom stereocenters. The highest BCUT2D eigenvalue weighted by atomic mass is 32.2. The Morgan fingerprint density at radius 2 is 1.27 bits per heavy atom. The van der Waals surface area contributed by atoms with Crippen molar-refractivity contribution < 1.29 is 21.6 Å². The zero-order valence-electron chi connectivity index (χ0n) is 11.1. The second-order valence-electron chi connectivity index (χ2n) is 4.75. The fraction of sp³-hybridized carbons (Fsp3) is 0.0667. The first kappa shape index (κ1) is 14.6. The molecule has 0 amide bonds. The summed E-state index contributed by atoms with van der Waals surface area (Å²) in [5, 5.41) is 2.13. The molecule has 0 bridgehead atoms. The van der Waals surface area contributed by atoms with Gasteiger partial charge in [0.2, 0.25) is 0 Å². The summed E-state index contributed by atoms with van der Waals surface area (Å²) in [7, 11) is -5.48. The van der Waals surface area contributed by atoms with Crippen LogP contribution in [0, 0.1) is 0 Å². The molecule has 0 radical (unpaired) electrons. The van der Waals surface area contributed by atoms with Crippen LogP contribution in [0.4, 0.5) is 18.9 Å². The topological polar surface area (TPSA) is 46.2 Å². The third-order valence-corrected chi connectivity index (χ3v) is 4.39. The van der Waals surface area contributed by atoms with E-state index >= 15 is 0 Å². The Morgan fingerprint density at radius 1 is 0.818 bits per heavy atom. The molecule has 0 heterocycles. The highest BCUT2D eigenvalue weighted by molar-refractivity contribution is 7.93. The normalized spacial score (nSPS) is 12.7. The average molecular weight is 325 g/mol. The third-order valence-electron chi connectivity index (χ3n) is 3.31. The van der Waals surface area contributed by atoms with E-state index in [1.165, 1.54) is 0 Å². The number of halogens is 3. The molecule has 0 aromatic heterocycles. The molecule has 0 saturated carbocycles. The molecule has 1 N–H and O–H groups in total. The standard InChI is InChI=1S/C15H10F3NO2S/c16-15(17,18)22(20,21)19-14-12-7-3-1-5-10(12)9-11-6-2-4-8-13(11)14/h1-9,19H. The molecule has 3 nitrogen and oxygen atoms in total. The number of hydrogen-bond donors (Lipinski definition) is 1. The van der Waals surface area contributed by atoms with Crippen LogP contribution in [0.1, 0.15) is 0 Å². The molecule has 3 aromatic carbocycles. The van der Waals surface area contributed by atoms with Gasteiger partial charge in [0.25, 0.3) is 0 Å². The lowest BCUT2D eigenvalue weighted by Crippen LogP contribution is -2.30. The van der Waals surface area contributed by atoms with Crippen LogP contribution < -0.4 is 4.72 Å². The van der Waals surface area contributed by atoms with Gasteiger partial charge in [-0.25, -0.2) is 0 Å². The Balaban J connectivity index is 2.34. The van der Waals surface area contributed by atoms with Crippen LogP contribution in [0.15, 0.2) is 54.6 Å². The van der Waals surface area contributed by atoms with Gasteiger partial charge in [0.05, 0.1) is 5.69 Å². The van der Waals surface area contributed by atoms with Gasteiger partial charge < -0.3 is 0 Å². The number of sulfonamides is 1. The molecule has 0 aliphatic rings. The lowest BCUT2D eigenvalue weighted by atomic mass is 10.0. The molecule has 7 heteroatoms. The molecule has 0 aliphatic carbocycles. The van der Waals surface area contributed by atoms with Crippen LogP contribution in [0.5, 0.6) is 0 Å². The summed E-state index contributed by atoms with van der Waals surface area (Å²) in [6, 6.07) is 15.1. The van der Waals surface area contributed by atoms with E-state index in [-0.39, 0.29) is 5.69 Å². The van der Waals surface area contributed by atoms with Gasteiger partial charge in [-0.05, 0) is 16.8 Å². The second-order valence-corrected chi connectivity index (χ2v) is 6.42. The van der Waals surface area contributed by atoms with Crippen LogP contribution in [0.2, 0.25) is 0 Å². The van der Waals surface area contributed by atoms with Crippen molar-refractivity contribution in [2.75, 3.05) is 4.72 Å². The number of nitrogens with one attached hydrogen (secondary N) is 1. The fourth-order valence-corrected chi connectivity index (χ4v) is 2.92. The van der Waals surface area contributed by atoms with Gasteiger partial charge in [0, 0.05) is 10.8 Å². The molecule has 114 valence electrons. The van der Waals surface area contributed by atoms with Crippen molar-refractivity contribution in [1.29, 1.82) is 0 Å². The molecule has 0 fully saturated rings. The zero-order valence-corrected chi connectivity index (χ0v) is 11.9. The first-order chi connectivity index (χ1) is 10.3. The van der Waals surface area contributed by atoms with Gasteiger partial charge in [0.15, 0.2) is 0 Å². The van der Waals surface area contributed by atoms with Crippen LogP contribution in [-0.2, 0) is 10.0 Å². The smallest absolute Gasteiger partial charge is 0.275 e. The summed E-state index contributed by atoms with van der Waals surface area (Å²) in [6.45, 7) is 0. The van der Waals surface area contributed by atoms with Crippen molar-refractivity contribution in [3.8, 4) is 0 Å². The minimum Gasteiger partial charge on any atom is -0.275 e. The number of rotatable bonds is 2. The van der Waals surface area contributed by atoms with E-state index in [4.69, 9.17) is 0 Å². The van der Waals surface area contributed by atoms with Gasteiger partial charge in [0.1, 0.15) is 0 Å². The number of alkyl halides is 3. The lowest BCUT2D eigenvalue weighted by Gasteiger charge is -2.15. The van der Waals surface area contributed by atoms with Crippen molar-refractivity contribution in [3.05, 3.63) is 54.6 Å². The second kappa shape index (κ2) is 4.88. The minimum absolute atomic E-state index is 0.0639. The van der Waals surface area contributed by atoms with E-state index in [0.29, 0.717) is 21.5 Å².